The van der Waals surface area contributed by atoms with Gasteiger partial charge in [-0.25, -0.2) is 13.2 Å². The van der Waals surface area contributed by atoms with E-state index in [4.69, 9.17) is 0 Å². The molecule has 0 heterocycles. The van der Waals surface area contributed by atoms with E-state index in [-0.39, 0.29) is 5.41 Å². The molecule has 0 radical (unpaired) electrons. The maximum absolute atomic E-state index is 12.5. The van der Waals surface area contributed by atoms with Crippen LogP contribution in [0.3, 0.4) is 0 Å². The first kappa shape index (κ1) is 18.3. The zero-order valence-electron chi connectivity index (χ0n) is 13.8. The maximum atomic E-state index is 12.5. The van der Waals surface area contributed by atoms with E-state index in [1.807, 2.05) is 30.3 Å². The van der Waals surface area contributed by atoms with E-state index in [0.29, 0.717) is 12.2 Å². The van der Waals surface area contributed by atoms with Crippen molar-refractivity contribution in [3.8, 4) is 0 Å². The molecular formula is C18H18F2N2O3S. The van der Waals surface area contributed by atoms with Crippen molar-refractivity contribution < 1.29 is 22.0 Å². The van der Waals surface area contributed by atoms with Crippen molar-refractivity contribution in [3.05, 3.63) is 60.2 Å². The van der Waals surface area contributed by atoms with Crippen molar-refractivity contribution in [2.24, 2.45) is 0 Å². The monoisotopic (exact) mass is 380 g/mol. The summed E-state index contributed by atoms with van der Waals surface area (Å²) in [5.41, 5.74) is 1.47. The van der Waals surface area contributed by atoms with Gasteiger partial charge in [0.25, 0.3) is 0 Å². The Morgan fingerprint density at radius 2 is 1.65 bits per heavy atom. The normalized spacial score (nSPS) is 15.5. The number of hydrogen-bond donors (Lipinski definition) is 2. The first-order chi connectivity index (χ1) is 12.3. The Hall–Kier alpha value is -2.48. The third kappa shape index (κ3) is 3.85. The summed E-state index contributed by atoms with van der Waals surface area (Å²) in [6.07, 6.45) is 1.99. The van der Waals surface area contributed by atoms with Gasteiger partial charge in [-0.05, 0) is 42.7 Å². The second kappa shape index (κ2) is 7.03. The molecule has 0 unspecified atom stereocenters. The summed E-state index contributed by atoms with van der Waals surface area (Å²) in [5.74, 6) is -3.47. The number of hydrogen-bond acceptors (Lipinski definition) is 3. The van der Waals surface area contributed by atoms with Crippen molar-refractivity contribution in [3.63, 3.8) is 0 Å². The number of benzene rings is 2. The fourth-order valence-electron chi connectivity index (χ4n) is 2.77. The van der Waals surface area contributed by atoms with Crippen LogP contribution in [0.25, 0.3) is 0 Å². The molecule has 0 aromatic heterocycles. The van der Waals surface area contributed by atoms with Crippen molar-refractivity contribution in [1.82, 2.24) is 5.32 Å². The summed E-state index contributed by atoms with van der Waals surface area (Å²) in [4.78, 5) is 11.6. The van der Waals surface area contributed by atoms with E-state index in [0.717, 1.165) is 25.0 Å². The van der Waals surface area contributed by atoms with E-state index >= 15 is 0 Å². The van der Waals surface area contributed by atoms with Crippen LogP contribution in [0.4, 0.5) is 19.3 Å². The predicted molar refractivity (Wildman–Crippen MR) is 94.0 cm³/mol. The van der Waals surface area contributed by atoms with Crippen molar-refractivity contribution in [2.75, 3.05) is 11.9 Å². The van der Waals surface area contributed by atoms with Gasteiger partial charge in [-0.3, -0.25) is 0 Å². The van der Waals surface area contributed by atoms with E-state index in [2.05, 4.69) is 10.6 Å². The number of sulfone groups is 1. The van der Waals surface area contributed by atoms with Gasteiger partial charge in [0.15, 0.2) is 0 Å². The molecule has 26 heavy (non-hydrogen) atoms. The number of halogens is 2. The van der Waals surface area contributed by atoms with Gasteiger partial charge < -0.3 is 10.6 Å². The summed E-state index contributed by atoms with van der Waals surface area (Å²) in [6, 6.07) is 14.2. The number of carbonyl (C=O) groups is 1. The van der Waals surface area contributed by atoms with Gasteiger partial charge >= 0.3 is 11.8 Å². The SMILES string of the molecule is O=C(NCC1(c2ccccc2)CC1)Nc1ccc(S(=O)(=O)C(F)F)cc1. The minimum absolute atomic E-state index is 0.0339. The van der Waals surface area contributed by atoms with Crippen LogP contribution in [0, 0.1) is 0 Å². The Balaban J connectivity index is 1.57. The number of carbonyl (C=O) groups excluding carboxylic acids is 1. The molecule has 1 fully saturated rings. The summed E-state index contributed by atoms with van der Waals surface area (Å²) < 4.78 is 47.7. The Labute approximate surface area is 150 Å². The molecule has 0 atom stereocenters. The lowest BCUT2D eigenvalue weighted by Crippen LogP contribution is -2.35. The molecule has 1 aliphatic carbocycles. The molecule has 0 aliphatic heterocycles. The maximum Gasteiger partial charge on any atom is 0.341 e. The summed E-state index contributed by atoms with van der Waals surface area (Å²) in [5, 5.41) is 5.38. The molecule has 0 saturated heterocycles. The summed E-state index contributed by atoms with van der Waals surface area (Å²) in [7, 11) is -4.64. The number of alkyl halides is 2. The molecule has 1 saturated carbocycles. The molecule has 2 amide bonds. The highest BCUT2D eigenvalue weighted by atomic mass is 32.2. The molecule has 2 aromatic carbocycles. The lowest BCUT2D eigenvalue weighted by molar-refractivity contribution is 0.234. The van der Waals surface area contributed by atoms with Gasteiger partial charge in [0.1, 0.15) is 0 Å². The fraction of sp³-hybridized carbons (Fsp3) is 0.278. The molecule has 3 rings (SSSR count). The zero-order chi connectivity index (χ0) is 18.8. The molecule has 2 N–H and O–H groups in total. The number of anilines is 1. The minimum Gasteiger partial charge on any atom is -0.337 e. The van der Waals surface area contributed by atoms with Crippen LogP contribution >= 0.6 is 0 Å². The van der Waals surface area contributed by atoms with Gasteiger partial charge in [-0.2, -0.15) is 8.78 Å². The molecule has 0 bridgehead atoms. The van der Waals surface area contributed by atoms with Crippen molar-refractivity contribution >= 4 is 21.6 Å². The van der Waals surface area contributed by atoms with Gasteiger partial charge in [0, 0.05) is 17.6 Å². The second-order valence-corrected chi connectivity index (χ2v) is 8.20. The largest absolute Gasteiger partial charge is 0.341 e. The lowest BCUT2D eigenvalue weighted by atomic mass is 9.96. The van der Waals surface area contributed by atoms with E-state index < -0.39 is 26.5 Å². The first-order valence-electron chi connectivity index (χ1n) is 8.06. The van der Waals surface area contributed by atoms with Crippen LogP contribution < -0.4 is 10.6 Å². The molecule has 5 nitrogen and oxygen atoms in total. The standard InChI is InChI=1S/C18H18F2N2O3S/c19-16(20)26(24,25)15-8-6-14(7-9-15)22-17(23)21-12-18(10-11-18)13-4-2-1-3-5-13/h1-9,16H,10-12H2,(H2,21,22,23). The van der Waals surface area contributed by atoms with Crippen LogP contribution in [-0.2, 0) is 15.3 Å². The van der Waals surface area contributed by atoms with Crippen LogP contribution in [0.15, 0.2) is 59.5 Å². The quantitative estimate of drug-likeness (QED) is 0.805. The number of amides is 2. The van der Waals surface area contributed by atoms with E-state index in [1.165, 1.54) is 17.7 Å². The minimum atomic E-state index is -4.64. The zero-order valence-corrected chi connectivity index (χ0v) is 14.6. The average molecular weight is 380 g/mol. The van der Waals surface area contributed by atoms with Gasteiger partial charge in [-0.15, -0.1) is 0 Å². The summed E-state index contributed by atoms with van der Waals surface area (Å²) >= 11 is 0. The van der Waals surface area contributed by atoms with Crippen LogP contribution in [-0.4, -0.2) is 26.8 Å². The molecule has 1 aliphatic rings. The van der Waals surface area contributed by atoms with Crippen molar-refractivity contribution in [2.45, 2.75) is 28.9 Å². The van der Waals surface area contributed by atoms with Crippen LogP contribution in [0.5, 0.6) is 0 Å². The second-order valence-electron chi connectivity index (χ2n) is 6.28. The van der Waals surface area contributed by atoms with Crippen LogP contribution in [0.2, 0.25) is 0 Å². The Morgan fingerprint density at radius 3 is 2.19 bits per heavy atom. The fourth-order valence-corrected chi connectivity index (χ4v) is 3.49. The van der Waals surface area contributed by atoms with E-state index in [1.54, 1.807) is 0 Å². The number of rotatable bonds is 6. The number of nitrogens with one attached hydrogen (secondary N) is 2. The Morgan fingerprint density at radius 1 is 1.04 bits per heavy atom. The lowest BCUT2D eigenvalue weighted by Gasteiger charge is -2.17. The van der Waals surface area contributed by atoms with Crippen LogP contribution in [0.1, 0.15) is 18.4 Å². The average Bonchev–Trinajstić information content (AvgIpc) is 3.42. The van der Waals surface area contributed by atoms with E-state index in [9.17, 15) is 22.0 Å². The predicted octanol–water partition coefficient (Wildman–Crippen LogP) is 3.54. The first-order valence-corrected chi connectivity index (χ1v) is 9.61. The highest BCUT2D eigenvalue weighted by Gasteiger charge is 2.44. The Kier molecular flexibility index (Phi) is 4.95. The topological polar surface area (TPSA) is 75.3 Å². The molecular weight excluding hydrogens is 362 g/mol. The molecule has 2 aromatic rings. The molecule has 138 valence electrons. The molecule has 0 spiro atoms. The van der Waals surface area contributed by atoms with Gasteiger partial charge in [0.05, 0.1) is 4.90 Å². The number of urea groups is 1. The Bertz CT molecular complexity index is 880. The third-order valence-corrected chi connectivity index (χ3v) is 5.90. The van der Waals surface area contributed by atoms with Gasteiger partial charge in [-0.1, -0.05) is 30.3 Å². The molecule has 8 heteroatoms. The highest BCUT2D eigenvalue weighted by Crippen LogP contribution is 2.47. The van der Waals surface area contributed by atoms with Crippen molar-refractivity contribution in [1.29, 1.82) is 0 Å². The third-order valence-electron chi connectivity index (χ3n) is 4.50. The van der Waals surface area contributed by atoms with Gasteiger partial charge in [0.2, 0.25) is 9.84 Å². The smallest absolute Gasteiger partial charge is 0.337 e. The highest BCUT2D eigenvalue weighted by molar-refractivity contribution is 7.91. The summed E-state index contributed by atoms with van der Waals surface area (Å²) in [6.45, 7) is 0.487.